The Morgan fingerprint density at radius 1 is 1.17 bits per heavy atom. The molecule has 8 nitrogen and oxygen atoms in total. The number of ether oxygens (including phenoxy) is 2. The van der Waals surface area contributed by atoms with Crippen LogP contribution in [0.2, 0.25) is 0 Å². The highest BCUT2D eigenvalue weighted by Gasteiger charge is 2.49. The number of likely N-dealkylation sites (tertiary alicyclic amines) is 2. The molecule has 0 radical (unpaired) electrons. The number of piperidine rings is 1. The topological polar surface area (TPSA) is 76.9 Å². The summed E-state index contributed by atoms with van der Waals surface area (Å²) < 4.78 is 12.5. The molecule has 1 aromatic carbocycles. The van der Waals surface area contributed by atoms with Gasteiger partial charge in [0, 0.05) is 44.1 Å². The van der Waals surface area contributed by atoms with Gasteiger partial charge in [-0.25, -0.2) is 0 Å². The van der Waals surface area contributed by atoms with Gasteiger partial charge in [0.1, 0.15) is 6.54 Å². The Hall–Kier alpha value is -3.03. The van der Waals surface area contributed by atoms with Gasteiger partial charge in [0.2, 0.25) is 11.8 Å². The molecule has 1 unspecified atom stereocenters. The van der Waals surface area contributed by atoms with Crippen LogP contribution in [0.25, 0.3) is 0 Å². The van der Waals surface area contributed by atoms with Crippen LogP contribution < -0.4 is 9.47 Å². The van der Waals surface area contributed by atoms with Crippen LogP contribution >= 0.6 is 0 Å². The van der Waals surface area contributed by atoms with E-state index in [9.17, 15) is 9.59 Å². The van der Waals surface area contributed by atoms with Gasteiger partial charge in [-0.05, 0) is 31.4 Å². The largest absolute Gasteiger partial charge is 0.493 e. The first-order valence-corrected chi connectivity index (χ1v) is 10.3. The minimum absolute atomic E-state index is 0.00923. The number of benzene rings is 1. The lowest BCUT2D eigenvalue weighted by Crippen LogP contribution is -2.50. The lowest BCUT2D eigenvalue weighted by atomic mass is 9.78. The van der Waals surface area contributed by atoms with E-state index in [1.165, 1.54) is 0 Å². The zero-order valence-corrected chi connectivity index (χ0v) is 17.5. The normalized spacial score (nSPS) is 21.3. The predicted octanol–water partition coefficient (Wildman–Crippen LogP) is 1.94. The fraction of sp³-hybridized carbons (Fsp3) is 0.500. The zero-order valence-electron chi connectivity index (χ0n) is 17.5. The molecule has 8 heteroatoms. The molecule has 1 atom stereocenters. The molecule has 0 bridgehead atoms. The highest BCUT2D eigenvalue weighted by atomic mass is 16.5. The average Bonchev–Trinajstić information content (AvgIpc) is 3.42. The summed E-state index contributed by atoms with van der Waals surface area (Å²) in [6, 6.07) is 7.52. The van der Waals surface area contributed by atoms with E-state index in [0.717, 1.165) is 18.4 Å². The van der Waals surface area contributed by atoms with Crippen molar-refractivity contribution in [1.29, 1.82) is 0 Å². The molecule has 0 N–H and O–H groups in total. The molecule has 2 amide bonds. The quantitative estimate of drug-likeness (QED) is 0.725. The molecular formula is C22H28N4O4. The molecule has 0 aliphatic carbocycles. The summed E-state index contributed by atoms with van der Waals surface area (Å²) in [4.78, 5) is 29.9. The molecule has 2 aromatic rings. The van der Waals surface area contributed by atoms with Crippen LogP contribution in [0, 0.1) is 5.41 Å². The van der Waals surface area contributed by atoms with E-state index >= 15 is 0 Å². The second-order valence-corrected chi connectivity index (χ2v) is 8.03. The number of rotatable bonds is 6. The van der Waals surface area contributed by atoms with E-state index < -0.39 is 5.41 Å². The van der Waals surface area contributed by atoms with E-state index in [4.69, 9.17) is 9.47 Å². The van der Waals surface area contributed by atoms with E-state index in [-0.39, 0.29) is 18.4 Å². The van der Waals surface area contributed by atoms with E-state index in [0.29, 0.717) is 44.1 Å². The number of carbonyl (C=O) groups is 2. The minimum atomic E-state index is -0.482. The number of carbonyl (C=O) groups excluding carboxylic acids is 2. The van der Waals surface area contributed by atoms with Crippen molar-refractivity contribution >= 4 is 11.8 Å². The summed E-state index contributed by atoms with van der Waals surface area (Å²) in [5.74, 6) is 1.46. The van der Waals surface area contributed by atoms with Crippen LogP contribution in [0.15, 0.2) is 36.7 Å². The second kappa shape index (κ2) is 8.38. The lowest BCUT2D eigenvalue weighted by molar-refractivity contribution is -0.147. The van der Waals surface area contributed by atoms with E-state index in [1.807, 2.05) is 28.0 Å². The standard InChI is InChI=1S/C22H28N4O4/c1-29-18-7-3-6-17(20(18)30-2)14-24-11-4-8-22(21(24)28)9-13-25(16-22)19(27)15-26-12-5-10-23-26/h3,5-7,10,12H,4,8-9,11,13-16H2,1-2H3. The molecule has 2 aliphatic heterocycles. The molecule has 2 saturated heterocycles. The monoisotopic (exact) mass is 412 g/mol. The molecular weight excluding hydrogens is 384 g/mol. The third-order valence-electron chi connectivity index (χ3n) is 6.23. The number of hydrogen-bond donors (Lipinski definition) is 0. The van der Waals surface area contributed by atoms with Crippen molar-refractivity contribution in [3.63, 3.8) is 0 Å². The van der Waals surface area contributed by atoms with Crippen molar-refractivity contribution in [2.75, 3.05) is 33.9 Å². The highest BCUT2D eigenvalue weighted by molar-refractivity contribution is 5.86. The van der Waals surface area contributed by atoms with Gasteiger partial charge < -0.3 is 19.3 Å². The first-order chi connectivity index (χ1) is 14.6. The smallest absolute Gasteiger partial charge is 0.244 e. The summed E-state index contributed by atoms with van der Waals surface area (Å²) in [5, 5.41) is 4.11. The summed E-state index contributed by atoms with van der Waals surface area (Å²) in [7, 11) is 3.22. The third-order valence-corrected chi connectivity index (χ3v) is 6.23. The van der Waals surface area contributed by atoms with Crippen molar-refractivity contribution < 1.29 is 19.1 Å². The Bertz CT molecular complexity index is 914. The molecule has 160 valence electrons. The maximum absolute atomic E-state index is 13.5. The Morgan fingerprint density at radius 3 is 2.77 bits per heavy atom. The van der Waals surface area contributed by atoms with E-state index in [1.54, 1.807) is 37.4 Å². The summed E-state index contributed by atoms with van der Waals surface area (Å²) in [6.07, 6.45) is 5.90. The fourth-order valence-electron chi connectivity index (χ4n) is 4.68. The fourth-order valence-corrected chi connectivity index (χ4v) is 4.68. The van der Waals surface area contributed by atoms with Crippen LogP contribution in [0.5, 0.6) is 11.5 Å². The number of hydrogen-bond acceptors (Lipinski definition) is 5. The highest BCUT2D eigenvalue weighted by Crippen LogP contribution is 2.41. The van der Waals surface area contributed by atoms with Crippen molar-refractivity contribution in [3.8, 4) is 11.5 Å². The number of aromatic nitrogens is 2. The average molecular weight is 412 g/mol. The Kier molecular flexibility index (Phi) is 5.65. The van der Waals surface area contributed by atoms with Crippen LogP contribution in [0.3, 0.4) is 0 Å². The molecule has 1 aromatic heterocycles. The molecule has 4 rings (SSSR count). The number of methoxy groups -OCH3 is 2. The molecule has 3 heterocycles. The third kappa shape index (κ3) is 3.74. The van der Waals surface area contributed by atoms with Crippen molar-refractivity contribution in [2.45, 2.75) is 32.4 Å². The van der Waals surface area contributed by atoms with Gasteiger partial charge in [-0.2, -0.15) is 5.10 Å². The van der Waals surface area contributed by atoms with Gasteiger partial charge in [0.05, 0.1) is 19.6 Å². The van der Waals surface area contributed by atoms with Crippen molar-refractivity contribution in [1.82, 2.24) is 19.6 Å². The molecule has 0 saturated carbocycles. The molecule has 2 fully saturated rings. The Morgan fingerprint density at radius 2 is 2.03 bits per heavy atom. The summed E-state index contributed by atoms with van der Waals surface area (Å²) in [5.41, 5.74) is 0.441. The van der Waals surface area contributed by atoms with Crippen LogP contribution in [-0.2, 0) is 22.7 Å². The van der Waals surface area contributed by atoms with Gasteiger partial charge in [0.15, 0.2) is 11.5 Å². The number of para-hydroxylation sites is 1. The SMILES string of the molecule is COc1cccc(CN2CCCC3(CCN(C(=O)Cn4cccn4)C3)C2=O)c1OC. The molecule has 2 aliphatic rings. The summed E-state index contributed by atoms with van der Waals surface area (Å²) >= 11 is 0. The summed E-state index contributed by atoms with van der Waals surface area (Å²) in [6.45, 7) is 2.49. The molecule has 1 spiro atoms. The van der Waals surface area contributed by atoms with Crippen molar-refractivity contribution in [3.05, 3.63) is 42.2 Å². The van der Waals surface area contributed by atoms with Gasteiger partial charge in [0.25, 0.3) is 0 Å². The van der Waals surface area contributed by atoms with Gasteiger partial charge >= 0.3 is 0 Å². The zero-order chi connectivity index (χ0) is 21.1. The van der Waals surface area contributed by atoms with Gasteiger partial charge in [-0.15, -0.1) is 0 Å². The maximum Gasteiger partial charge on any atom is 0.244 e. The second-order valence-electron chi connectivity index (χ2n) is 8.03. The minimum Gasteiger partial charge on any atom is -0.493 e. The first kappa shape index (κ1) is 20.3. The van der Waals surface area contributed by atoms with E-state index in [2.05, 4.69) is 5.10 Å². The first-order valence-electron chi connectivity index (χ1n) is 10.3. The van der Waals surface area contributed by atoms with Crippen LogP contribution in [0.4, 0.5) is 0 Å². The van der Waals surface area contributed by atoms with Crippen LogP contribution in [-0.4, -0.2) is 65.2 Å². The van der Waals surface area contributed by atoms with Crippen LogP contribution in [0.1, 0.15) is 24.8 Å². The van der Waals surface area contributed by atoms with Gasteiger partial charge in [-0.3, -0.25) is 14.3 Å². The number of amides is 2. The van der Waals surface area contributed by atoms with Gasteiger partial charge in [-0.1, -0.05) is 12.1 Å². The lowest BCUT2D eigenvalue weighted by Gasteiger charge is -2.39. The Labute approximate surface area is 176 Å². The number of nitrogens with zero attached hydrogens (tertiary/aromatic N) is 4. The Balaban J connectivity index is 1.47. The van der Waals surface area contributed by atoms with Crippen molar-refractivity contribution in [2.24, 2.45) is 5.41 Å². The maximum atomic E-state index is 13.5. The predicted molar refractivity (Wildman–Crippen MR) is 110 cm³/mol. The molecule has 30 heavy (non-hydrogen) atoms.